The molecule has 0 N–H and O–H groups in total. The maximum absolute atomic E-state index is 3.98. The van der Waals surface area contributed by atoms with E-state index in [1.54, 1.807) is 0 Å². The number of aryl methyl sites for hydroxylation is 4. The monoisotopic (exact) mass is 474 g/mol. The standard InChI is InChI=1S/C23H34N2.C8H10.C2H6/c1-5-10-23(7-3)11-14-24(15-12-23)17-20-18-25(13-6-2)22-16-19(4)8-9-21(20)22;1-7-3-5-8(2)6-4-7;1-2/h5,8-9,16,18H,1,6-7,10-15,17H2,2-4H3;3-6H,1-2H3;1-2H3. The highest BCUT2D eigenvalue weighted by Gasteiger charge is 2.31. The van der Waals surface area contributed by atoms with Crippen molar-refractivity contribution in [3.05, 3.63) is 83.6 Å². The molecule has 0 unspecified atom stereocenters. The zero-order valence-electron chi connectivity index (χ0n) is 23.7. The van der Waals surface area contributed by atoms with E-state index in [1.807, 2.05) is 13.8 Å². The van der Waals surface area contributed by atoms with Gasteiger partial charge in [-0.1, -0.05) is 87.7 Å². The van der Waals surface area contributed by atoms with Crippen LogP contribution in [0.2, 0.25) is 0 Å². The molecule has 1 fully saturated rings. The lowest BCUT2D eigenvalue weighted by Crippen LogP contribution is -2.39. The van der Waals surface area contributed by atoms with E-state index >= 15 is 0 Å². The smallest absolute Gasteiger partial charge is 0.0486 e. The summed E-state index contributed by atoms with van der Waals surface area (Å²) in [6.45, 7) is 23.6. The number of aromatic nitrogens is 1. The van der Waals surface area contributed by atoms with Gasteiger partial charge in [0, 0.05) is 30.2 Å². The topological polar surface area (TPSA) is 8.17 Å². The van der Waals surface area contributed by atoms with Gasteiger partial charge in [0.25, 0.3) is 0 Å². The molecule has 0 amide bonds. The maximum Gasteiger partial charge on any atom is 0.0486 e. The van der Waals surface area contributed by atoms with Crippen LogP contribution in [-0.2, 0) is 13.1 Å². The van der Waals surface area contributed by atoms with Gasteiger partial charge in [-0.15, -0.1) is 6.58 Å². The lowest BCUT2D eigenvalue weighted by Gasteiger charge is -2.41. The number of likely N-dealkylation sites (tertiary alicyclic amines) is 1. The fourth-order valence-electron chi connectivity index (χ4n) is 5.10. The van der Waals surface area contributed by atoms with Crippen molar-refractivity contribution in [1.82, 2.24) is 9.47 Å². The minimum absolute atomic E-state index is 0.506. The van der Waals surface area contributed by atoms with Gasteiger partial charge in [0.15, 0.2) is 0 Å². The number of hydrogen-bond donors (Lipinski definition) is 0. The Morgan fingerprint density at radius 2 is 1.46 bits per heavy atom. The average molecular weight is 475 g/mol. The van der Waals surface area contributed by atoms with Crippen LogP contribution >= 0.6 is 0 Å². The van der Waals surface area contributed by atoms with E-state index in [9.17, 15) is 0 Å². The van der Waals surface area contributed by atoms with Gasteiger partial charge in [0.1, 0.15) is 0 Å². The Morgan fingerprint density at radius 3 is 1.97 bits per heavy atom. The summed E-state index contributed by atoms with van der Waals surface area (Å²) >= 11 is 0. The number of hydrogen-bond acceptors (Lipinski definition) is 1. The lowest BCUT2D eigenvalue weighted by atomic mass is 9.73. The molecular weight excluding hydrogens is 424 g/mol. The Morgan fingerprint density at radius 1 is 0.886 bits per heavy atom. The summed E-state index contributed by atoms with van der Waals surface area (Å²) in [5, 5.41) is 1.44. The molecule has 2 nitrogen and oxygen atoms in total. The molecule has 0 radical (unpaired) electrons. The van der Waals surface area contributed by atoms with Gasteiger partial charge in [-0.05, 0) is 82.2 Å². The van der Waals surface area contributed by atoms with Crippen LogP contribution < -0.4 is 0 Å². The van der Waals surface area contributed by atoms with Crippen molar-refractivity contribution in [3.8, 4) is 0 Å². The second kappa shape index (κ2) is 14.3. The predicted octanol–water partition coefficient (Wildman–Crippen LogP) is 9.26. The molecule has 0 spiro atoms. The van der Waals surface area contributed by atoms with Crippen LogP contribution in [0.1, 0.15) is 82.1 Å². The highest BCUT2D eigenvalue weighted by Crippen LogP contribution is 2.39. The minimum atomic E-state index is 0.506. The Kier molecular flexibility index (Phi) is 11.8. The molecule has 0 bridgehead atoms. The third-order valence-corrected chi connectivity index (χ3v) is 7.44. The summed E-state index contributed by atoms with van der Waals surface area (Å²) in [5.41, 5.74) is 7.42. The average Bonchev–Trinajstić information content (AvgIpc) is 3.20. The van der Waals surface area contributed by atoms with Crippen molar-refractivity contribution in [2.24, 2.45) is 5.41 Å². The number of rotatable bonds is 7. The molecule has 35 heavy (non-hydrogen) atoms. The van der Waals surface area contributed by atoms with Crippen LogP contribution in [0.3, 0.4) is 0 Å². The molecule has 1 aliphatic heterocycles. The first-order chi connectivity index (χ1) is 16.9. The summed E-state index contributed by atoms with van der Waals surface area (Å²) in [5.74, 6) is 0. The van der Waals surface area contributed by atoms with E-state index in [1.165, 1.54) is 78.4 Å². The van der Waals surface area contributed by atoms with Crippen LogP contribution in [-0.4, -0.2) is 22.6 Å². The molecule has 1 saturated heterocycles. The summed E-state index contributed by atoms with van der Waals surface area (Å²) in [6, 6.07) is 15.4. The highest BCUT2D eigenvalue weighted by molar-refractivity contribution is 5.84. The van der Waals surface area contributed by atoms with Crippen molar-refractivity contribution in [3.63, 3.8) is 0 Å². The SMILES string of the molecule is C=CCC1(CC)CCN(Cc2cn(CCC)c3cc(C)ccc23)CC1.CC.Cc1ccc(C)cc1. The summed E-state index contributed by atoms with van der Waals surface area (Å²) in [7, 11) is 0. The number of benzene rings is 2. The minimum Gasteiger partial charge on any atom is -0.347 e. The molecule has 0 atom stereocenters. The first-order valence-electron chi connectivity index (χ1n) is 13.8. The lowest BCUT2D eigenvalue weighted by molar-refractivity contribution is 0.0969. The Hall–Kier alpha value is -2.32. The first-order valence-corrected chi connectivity index (χ1v) is 13.8. The molecule has 2 heterocycles. The number of allylic oxidation sites excluding steroid dienone is 1. The molecular formula is C33H50N2. The third kappa shape index (κ3) is 8.10. The van der Waals surface area contributed by atoms with Gasteiger partial charge in [0.2, 0.25) is 0 Å². The largest absolute Gasteiger partial charge is 0.347 e. The second-order valence-electron chi connectivity index (χ2n) is 10.1. The van der Waals surface area contributed by atoms with Gasteiger partial charge in [-0.2, -0.15) is 0 Å². The van der Waals surface area contributed by atoms with E-state index in [2.05, 4.69) is 105 Å². The van der Waals surface area contributed by atoms with Crippen molar-refractivity contribution >= 4 is 10.9 Å². The quantitative estimate of drug-likeness (QED) is 0.310. The highest BCUT2D eigenvalue weighted by atomic mass is 15.1. The molecule has 0 saturated carbocycles. The summed E-state index contributed by atoms with van der Waals surface area (Å²) < 4.78 is 2.45. The first kappa shape index (κ1) is 28.9. The van der Waals surface area contributed by atoms with Crippen molar-refractivity contribution in [2.75, 3.05) is 13.1 Å². The van der Waals surface area contributed by atoms with Crippen molar-refractivity contribution in [1.29, 1.82) is 0 Å². The summed E-state index contributed by atoms with van der Waals surface area (Å²) in [4.78, 5) is 2.65. The van der Waals surface area contributed by atoms with Gasteiger partial charge in [-0.25, -0.2) is 0 Å². The van der Waals surface area contributed by atoms with E-state index < -0.39 is 0 Å². The molecule has 4 rings (SSSR count). The van der Waals surface area contributed by atoms with Gasteiger partial charge < -0.3 is 4.57 Å². The third-order valence-electron chi connectivity index (χ3n) is 7.44. The molecule has 1 aliphatic rings. The van der Waals surface area contributed by atoms with Crippen molar-refractivity contribution in [2.45, 2.75) is 93.7 Å². The zero-order valence-corrected chi connectivity index (χ0v) is 23.7. The number of nitrogens with zero attached hydrogens (tertiary/aromatic N) is 2. The molecule has 3 aromatic rings. The van der Waals surface area contributed by atoms with Crippen LogP contribution in [0.25, 0.3) is 10.9 Å². The van der Waals surface area contributed by atoms with Crippen LogP contribution in [0.5, 0.6) is 0 Å². The van der Waals surface area contributed by atoms with Gasteiger partial charge in [0.05, 0.1) is 0 Å². The molecule has 1 aromatic heterocycles. The normalized spacial score (nSPS) is 15.1. The van der Waals surface area contributed by atoms with E-state index in [4.69, 9.17) is 0 Å². The predicted molar refractivity (Wildman–Crippen MR) is 156 cm³/mol. The fourth-order valence-corrected chi connectivity index (χ4v) is 5.10. The number of piperidine rings is 1. The maximum atomic E-state index is 3.98. The van der Waals surface area contributed by atoms with Gasteiger partial charge >= 0.3 is 0 Å². The Balaban J connectivity index is 0.000000363. The van der Waals surface area contributed by atoms with Crippen LogP contribution in [0, 0.1) is 26.2 Å². The molecule has 2 heteroatoms. The Labute approximate surface area is 216 Å². The van der Waals surface area contributed by atoms with E-state index in [-0.39, 0.29) is 0 Å². The number of fused-ring (bicyclic) bond motifs is 1. The van der Waals surface area contributed by atoms with Gasteiger partial charge in [-0.3, -0.25) is 4.90 Å². The molecule has 2 aromatic carbocycles. The molecule has 0 aliphatic carbocycles. The van der Waals surface area contributed by atoms with E-state index in [0.29, 0.717) is 5.41 Å². The van der Waals surface area contributed by atoms with Crippen LogP contribution in [0.15, 0.2) is 61.3 Å². The fraction of sp³-hybridized carbons (Fsp3) is 0.515. The Bertz CT molecular complexity index is 996. The van der Waals surface area contributed by atoms with Crippen molar-refractivity contribution < 1.29 is 0 Å². The summed E-state index contributed by atoms with van der Waals surface area (Å²) in [6.07, 6.45) is 10.8. The van der Waals surface area contributed by atoms with Crippen LogP contribution in [0.4, 0.5) is 0 Å². The van der Waals surface area contributed by atoms with E-state index in [0.717, 1.165) is 13.1 Å². The zero-order chi connectivity index (χ0) is 25.8. The second-order valence-corrected chi connectivity index (χ2v) is 10.1. The molecule has 192 valence electrons.